The Kier molecular flexibility index (Phi) is 3.40. The predicted octanol–water partition coefficient (Wildman–Crippen LogP) is 1.70. The number of halogens is 1. The van der Waals surface area contributed by atoms with Crippen molar-refractivity contribution in [3.05, 3.63) is 0 Å². The third-order valence-corrected chi connectivity index (χ3v) is 4.39. The molecule has 0 rings (SSSR count). The van der Waals surface area contributed by atoms with Crippen molar-refractivity contribution in [3.8, 4) is 0 Å². The first-order valence-corrected chi connectivity index (χ1v) is 9.12. The molecular weight excluding hydrogens is 193 g/mol. The van der Waals surface area contributed by atoms with Crippen molar-refractivity contribution < 1.29 is 0 Å². The van der Waals surface area contributed by atoms with Gasteiger partial charge >= 0.3 is 0 Å². The van der Waals surface area contributed by atoms with E-state index in [2.05, 4.69) is 13.1 Å². The van der Waals surface area contributed by atoms with Crippen LogP contribution in [-0.4, -0.2) is 6.29 Å². The van der Waals surface area contributed by atoms with Gasteiger partial charge in [-0.15, -0.1) is 0 Å². The predicted molar refractivity (Wildman–Crippen MR) is 35.6 cm³/mol. The first-order valence-electron chi connectivity index (χ1n) is 1.56. The van der Waals surface area contributed by atoms with Crippen LogP contribution in [0.15, 0.2) is 0 Å². The van der Waals surface area contributed by atoms with E-state index in [-0.39, 0.29) is 26.5 Å². The van der Waals surface area contributed by atoms with Crippen molar-refractivity contribution in [2.24, 2.45) is 0 Å². The standard InChI is InChI=1S/C2H8INSi/c1-5(2)3-4/h4-5H,1-2H3. The van der Waals surface area contributed by atoms with Gasteiger partial charge in [-0.1, -0.05) is 33.3 Å². The van der Waals surface area contributed by atoms with Gasteiger partial charge in [0, 0.05) is 0 Å². The van der Waals surface area contributed by atoms with Gasteiger partial charge in [0.25, 0.3) is 0 Å². The summed E-state index contributed by atoms with van der Waals surface area (Å²) in [5, 5.41) is 0. The minimum atomic E-state index is -0.373. The second-order valence-corrected chi connectivity index (χ2v) is 12.7. The fourth-order valence-corrected chi connectivity index (χ4v) is 0. The van der Waals surface area contributed by atoms with Gasteiger partial charge in [-0.2, -0.15) is 0 Å². The molecule has 0 bridgehead atoms. The molecule has 5 heavy (non-hydrogen) atoms. The molecule has 0 aliphatic rings. The number of hydrogen-bond acceptors (Lipinski definition) is 1. The lowest BCUT2D eigenvalue weighted by Crippen LogP contribution is -1.79. The van der Waals surface area contributed by atoms with Gasteiger partial charge in [0.15, 0.2) is 0 Å². The van der Waals surface area contributed by atoms with Crippen molar-refractivity contribution in [3.63, 3.8) is 0 Å². The summed E-state index contributed by atoms with van der Waals surface area (Å²) in [7, 11) is 0. The van der Waals surface area contributed by atoms with Crippen LogP contribution in [0.1, 0.15) is 0 Å². The van der Waals surface area contributed by atoms with E-state index in [9.17, 15) is 0 Å². The first-order chi connectivity index (χ1) is 2.27. The Bertz CT molecular complexity index is 36.6. The van der Waals surface area contributed by atoms with Gasteiger partial charge in [-0.3, -0.25) is 3.56 Å². The van der Waals surface area contributed by atoms with Gasteiger partial charge in [0.05, 0.1) is 0 Å². The van der Waals surface area contributed by atoms with Crippen molar-refractivity contribution in [2.75, 3.05) is 0 Å². The molecule has 3 heteroatoms. The fourth-order valence-electron chi connectivity index (χ4n) is 0. The van der Waals surface area contributed by atoms with Crippen LogP contribution in [-0.2, 0) is 0 Å². The zero-order chi connectivity index (χ0) is 4.28. The molecule has 1 N–H and O–H groups in total. The highest BCUT2D eigenvalue weighted by Gasteiger charge is 1.81. The van der Waals surface area contributed by atoms with E-state index in [4.69, 9.17) is 3.56 Å². The Labute approximate surface area is 43.4 Å². The largest absolute Gasteiger partial charge is 0.285 e. The van der Waals surface area contributed by atoms with E-state index in [0.717, 1.165) is 0 Å². The maximum atomic E-state index is 6.83. The molecule has 0 aliphatic carbocycles. The fraction of sp³-hybridized carbons (Fsp3) is 1.00. The maximum absolute atomic E-state index is 6.83. The molecule has 0 aliphatic heterocycles. The third kappa shape index (κ3) is 4.75. The van der Waals surface area contributed by atoms with Crippen molar-refractivity contribution in [1.29, 1.82) is 3.56 Å². The number of rotatable bonds is 1. The molecular formula is C2H8INSi. The van der Waals surface area contributed by atoms with Gasteiger partial charge < -0.3 is 0 Å². The van der Waals surface area contributed by atoms with Crippen LogP contribution in [0, 0.1) is 3.56 Å². The molecule has 0 aromatic carbocycles. The summed E-state index contributed by atoms with van der Waals surface area (Å²) >= 11 is -0.0633. The van der Waals surface area contributed by atoms with Gasteiger partial charge in [-0.05, 0) is 0 Å². The molecule has 0 fully saturated rings. The van der Waals surface area contributed by atoms with E-state index in [1.165, 1.54) is 0 Å². The lowest BCUT2D eigenvalue weighted by Gasteiger charge is -1.77. The Morgan fingerprint density at radius 2 is 1.80 bits per heavy atom. The molecule has 0 heterocycles. The molecule has 0 aromatic rings. The molecule has 0 unspecified atom stereocenters. The summed E-state index contributed by atoms with van der Waals surface area (Å²) in [6, 6.07) is 0. The second kappa shape index (κ2) is 2.96. The summed E-state index contributed by atoms with van der Waals surface area (Å²) < 4.78 is 6.83. The molecule has 0 spiro atoms. The van der Waals surface area contributed by atoms with Gasteiger partial charge in [-0.25, -0.2) is 0 Å². The van der Waals surface area contributed by atoms with Crippen molar-refractivity contribution in [1.82, 2.24) is 0 Å². The van der Waals surface area contributed by atoms with Crippen LogP contribution >= 0.6 is 20.2 Å². The van der Waals surface area contributed by atoms with Crippen LogP contribution in [0.3, 0.4) is 0 Å². The molecule has 0 saturated heterocycles. The van der Waals surface area contributed by atoms with E-state index in [0.29, 0.717) is 0 Å². The number of hydrogen-bond donors (Lipinski definition) is 1. The monoisotopic (exact) mass is 201 g/mol. The van der Waals surface area contributed by atoms with Crippen molar-refractivity contribution in [2.45, 2.75) is 13.1 Å². The average Bonchev–Trinajstić information content (AvgIpc) is 1.38. The van der Waals surface area contributed by atoms with E-state index < -0.39 is 0 Å². The highest BCUT2D eigenvalue weighted by Crippen LogP contribution is 1.97. The smallest absolute Gasteiger partial charge is 0.120 e. The SMILES string of the molecule is C[SiH](C)I=N. The number of nitrogens with one attached hydrogen (secondary N) is 1. The summed E-state index contributed by atoms with van der Waals surface area (Å²) in [4.78, 5) is 0. The first kappa shape index (κ1) is 5.75. The van der Waals surface area contributed by atoms with E-state index in [1.807, 2.05) is 0 Å². The van der Waals surface area contributed by atoms with Crippen LogP contribution in [0.5, 0.6) is 0 Å². The highest BCUT2D eigenvalue weighted by molar-refractivity contribution is 14.2. The second-order valence-electron chi connectivity index (χ2n) is 1.12. The Morgan fingerprint density at radius 1 is 1.60 bits per heavy atom. The summed E-state index contributed by atoms with van der Waals surface area (Å²) in [6.45, 7) is 4.44. The summed E-state index contributed by atoms with van der Waals surface area (Å²) in [5.74, 6) is 0. The Hall–Kier alpha value is 0.747. The summed E-state index contributed by atoms with van der Waals surface area (Å²) in [5.41, 5.74) is 0. The summed E-state index contributed by atoms with van der Waals surface area (Å²) in [6.07, 6.45) is -0.373. The molecule has 0 saturated carbocycles. The zero-order valence-electron chi connectivity index (χ0n) is 3.46. The third-order valence-electron chi connectivity index (χ3n) is 0.218. The minimum absolute atomic E-state index is 0.0633. The van der Waals surface area contributed by atoms with Crippen LogP contribution in [0.2, 0.25) is 13.1 Å². The quantitative estimate of drug-likeness (QED) is 0.379. The Balaban J connectivity index is 2.83. The maximum Gasteiger partial charge on any atom is 0.120 e. The van der Waals surface area contributed by atoms with E-state index >= 15 is 0 Å². The normalized spacial score (nSPS) is 9.40. The van der Waals surface area contributed by atoms with Gasteiger partial charge in [0.2, 0.25) is 0 Å². The Morgan fingerprint density at radius 3 is 1.80 bits per heavy atom. The lowest BCUT2D eigenvalue weighted by atomic mass is 11.9. The molecule has 0 aromatic heterocycles. The zero-order valence-corrected chi connectivity index (χ0v) is 6.77. The van der Waals surface area contributed by atoms with Crippen LogP contribution in [0.25, 0.3) is 0 Å². The molecule has 0 radical (unpaired) electrons. The van der Waals surface area contributed by atoms with Crippen LogP contribution < -0.4 is 0 Å². The molecule has 0 atom stereocenters. The van der Waals surface area contributed by atoms with E-state index in [1.54, 1.807) is 0 Å². The minimum Gasteiger partial charge on any atom is -0.285 e. The van der Waals surface area contributed by atoms with Crippen molar-refractivity contribution >= 4 is 26.5 Å². The highest BCUT2D eigenvalue weighted by atomic mass is 127. The lowest BCUT2D eigenvalue weighted by molar-refractivity contribution is 1.71. The molecule has 1 nitrogen and oxygen atoms in total. The molecule has 32 valence electrons. The molecule has 0 amide bonds. The van der Waals surface area contributed by atoms with Gasteiger partial charge in [0.1, 0.15) is 6.29 Å². The van der Waals surface area contributed by atoms with Crippen LogP contribution in [0.4, 0.5) is 0 Å². The average molecular weight is 201 g/mol. The topological polar surface area (TPSA) is 23.9 Å².